The lowest BCUT2D eigenvalue weighted by Crippen LogP contribution is -2.42. The maximum atomic E-state index is 13.5. The van der Waals surface area contributed by atoms with Crippen LogP contribution in [-0.4, -0.2) is 37.4 Å². The minimum Gasteiger partial charge on any atom is -0.444 e. The largest absolute Gasteiger partial charge is 0.444 e. The van der Waals surface area contributed by atoms with Crippen LogP contribution >= 0.6 is 0 Å². The molecule has 0 aliphatic rings. The van der Waals surface area contributed by atoms with E-state index in [2.05, 4.69) is 14.7 Å². The monoisotopic (exact) mass is 371 g/mol. The van der Waals surface area contributed by atoms with Crippen LogP contribution in [0, 0.1) is 5.95 Å². The number of nitrogens with zero attached hydrogens (tertiary/aromatic N) is 2. The van der Waals surface area contributed by atoms with Crippen molar-refractivity contribution in [3.05, 3.63) is 29.8 Å². The molecule has 0 bridgehead atoms. The number of amides is 1. The second kappa shape index (κ2) is 8.03. The highest BCUT2D eigenvalue weighted by atomic mass is 32.2. The molecule has 1 heterocycles. The molecule has 0 saturated heterocycles. The van der Waals surface area contributed by atoms with Gasteiger partial charge in [-0.3, -0.25) is 0 Å². The molecule has 2 atom stereocenters. The Kier molecular flexibility index (Phi) is 6.82. The second-order valence-corrected chi connectivity index (χ2v) is 9.48. The second-order valence-electron chi connectivity index (χ2n) is 7.57. The van der Waals surface area contributed by atoms with Gasteiger partial charge in [0.2, 0.25) is 5.95 Å². The number of pyridine rings is 1. The number of carbonyl (C=O) groups is 1. The maximum Gasteiger partial charge on any atom is 0.408 e. The molecular formula is C17H26FN3O3S. The van der Waals surface area contributed by atoms with Crippen molar-refractivity contribution in [3.8, 4) is 0 Å². The molecular weight excluding hydrogens is 345 g/mol. The van der Waals surface area contributed by atoms with Crippen LogP contribution in [0.2, 0.25) is 0 Å². The van der Waals surface area contributed by atoms with Crippen LogP contribution in [0.5, 0.6) is 0 Å². The Morgan fingerprint density at radius 3 is 2.40 bits per heavy atom. The zero-order valence-corrected chi connectivity index (χ0v) is 16.5. The van der Waals surface area contributed by atoms with E-state index in [0.29, 0.717) is 11.3 Å². The lowest BCUT2D eigenvalue weighted by molar-refractivity contribution is 0.0521. The summed E-state index contributed by atoms with van der Waals surface area (Å²) in [6.07, 6.45) is 0.657. The fourth-order valence-corrected chi connectivity index (χ4v) is 2.44. The minimum atomic E-state index is -1.58. The van der Waals surface area contributed by atoms with E-state index >= 15 is 0 Å². The number of alkyl carbamates (subject to hydrolysis) is 1. The summed E-state index contributed by atoms with van der Waals surface area (Å²) in [6, 6.07) is 2.10. The van der Waals surface area contributed by atoms with Gasteiger partial charge in [-0.05, 0) is 54.5 Å². The van der Waals surface area contributed by atoms with Gasteiger partial charge in [0.05, 0.1) is 16.5 Å². The summed E-state index contributed by atoms with van der Waals surface area (Å²) in [5.41, 5.74) is 0.0343. The highest BCUT2D eigenvalue weighted by Crippen LogP contribution is 2.16. The number of hydrogen-bond donors (Lipinski definition) is 1. The molecule has 0 unspecified atom stereocenters. The van der Waals surface area contributed by atoms with Crippen LogP contribution in [0.25, 0.3) is 0 Å². The van der Waals surface area contributed by atoms with Gasteiger partial charge < -0.3 is 10.1 Å². The third-order valence-electron chi connectivity index (χ3n) is 2.87. The van der Waals surface area contributed by atoms with E-state index in [0.717, 1.165) is 0 Å². The van der Waals surface area contributed by atoms with Gasteiger partial charge in [0.25, 0.3) is 0 Å². The number of ether oxygens (including phenoxy) is 1. The van der Waals surface area contributed by atoms with Gasteiger partial charge in [0.1, 0.15) is 16.6 Å². The molecule has 1 N–H and O–H groups in total. The topological polar surface area (TPSA) is 80.6 Å². The van der Waals surface area contributed by atoms with Crippen LogP contribution < -0.4 is 5.32 Å². The average Bonchev–Trinajstić information content (AvgIpc) is 2.40. The van der Waals surface area contributed by atoms with E-state index < -0.39 is 39.4 Å². The SMILES string of the molecule is C[C@H](NC(=O)OC(C)(C)C)C(=N[S@](=O)C(C)(C)C)c1ccnc(F)c1. The third-order valence-corrected chi connectivity index (χ3v) is 4.28. The Bertz CT molecular complexity index is 678. The van der Waals surface area contributed by atoms with E-state index in [1.165, 1.54) is 12.3 Å². The zero-order valence-electron chi connectivity index (χ0n) is 15.7. The average molecular weight is 371 g/mol. The van der Waals surface area contributed by atoms with E-state index in [1.54, 1.807) is 54.5 Å². The summed E-state index contributed by atoms with van der Waals surface area (Å²) in [5.74, 6) is -0.684. The number of nitrogens with one attached hydrogen (secondary N) is 1. The van der Waals surface area contributed by atoms with Crippen molar-refractivity contribution in [1.82, 2.24) is 10.3 Å². The summed E-state index contributed by atoms with van der Waals surface area (Å²) in [7, 11) is -1.58. The first kappa shape index (κ1) is 21.2. The van der Waals surface area contributed by atoms with Crippen LogP contribution in [0.3, 0.4) is 0 Å². The van der Waals surface area contributed by atoms with Gasteiger partial charge in [-0.25, -0.2) is 14.0 Å². The Balaban J connectivity index is 3.16. The van der Waals surface area contributed by atoms with Crippen molar-refractivity contribution in [2.24, 2.45) is 4.40 Å². The lowest BCUT2D eigenvalue weighted by atomic mass is 10.1. The summed E-state index contributed by atoms with van der Waals surface area (Å²) in [4.78, 5) is 15.5. The highest BCUT2D eigenvalue weighted by molar-refractivity contribution is 7.85. The molecule has 0 aromatic carbocycles. The Morgan fingerprint density at radius 1 is 1.32 bits per heavy atom. The van der Waals surface area contributed by atoms with Crippen molar-refractivity contribution < 1.29 is 18.1 Å². The van der Waals surface area contributed by atoms with Crippen molar-refractivity contribution in [1.29, 1.82) is 0 Å². The summed E-state index contributed by atoms with van der Waals surface area (Å²) < 4.78 is 34.8. The van der Waals surface area contributed by atoms with Crippen molar-refractivity contribution >= 4 is 22.8 Å². The molecule has 140 valence electrons. The molecule has 25 heavy (non-hydrogen) atoms. The van der Waals surface area contributed by atoms with E-state index in [9.17, 15) is 13.4 Å². The van der Waals surface area contributed by atoms with Crippen molar-refractivity contribution in [2.75, 3.05) is 0 Å². The molecule has 6 nitrogen and oxygen atoms in total. The number of rotatable bonds is 4. The first-order chi connectivity index (χ1) is 11.3. The minimum absolute atomic E-state index is 0.292. The van der Waals surface area contributed by atoms with Crippen LogP contribution in [0.1, 0.15) is 54.0 Å². The smallest absolute Gasteiger partial charge is 0.408 e. The van der Waals surface area contributed by atoms with E-state index in [1.807, 2.05) is 0 Å². The molecule has 0 radical (unpaired) electrons. The lowest BCUT2D eigenvalue weighted by Gasteiger charge is -2.23. The Labute approximate surface area is 150 Å². The predicted octanol–water partition coefficient (Wildman–Crippen LogP) is 3.39. The molecule has 0 saturated carbocycles. The van der Waals surface area contributed by atoms with Crippen LogP contribution in [0.15, 0.2) is 22.7 Å². The van der Waals surface area contributed by atoms with E-state index in [4.69, 9.17) is 4.74 Å². The number of halogens is 1. The predicted molar refractivity (Wildman–Crippen MR) is 97.5 cm³/mol. The summed E-state index contributed by atoms with van der Waals surface area (Å²) in [5, 5.41) is 2.64. The molecule has 0 spiro atoms. The van der Waals surface area contributed by atoms with Gasteiger partial charge in [0.15, 0.2) is 0 Å². The van der Waals surface area contributed by atoms with Crippen molar-refractivity contribution in [2.45, 2.75) is 64.9 Å². The fraction of sp³-hybridized carbons (Fsp3) is 0.588. The van der Waals surface area contributed by atoms with Gasteiger partial charge in [-0.15, -0.1) is 0 Å². The van der Waals surface area contributed by atoms with E-state index in [-0.39, 0.29) is 0 Å². The van der Waals surface area contributed by atoms with Gasteiger partial charge >= 0.3 is 6.09 Å². The Hall–Kier alpha value is -1.83. The van der Waals surface area contributed by atoms with Gasteiger partial charge in [0, 0.05) is 17.8 Å². The molecule has 0 aliphatic heterocycles. The highest BCUT2D eigenvalue weighted by Gasteiger charge is 2.25. The normalized spacial score (nSPS) is 15.4. The third kappa shape index (κ3) is 7.29. The van der Waals surface area contributed by atoms with Gasteiger partial charge in [-0.1, -0.05) is 0 Å². The first-order valence-electron chi connectivity index (χ1n) is 7.91. The van der Waals surface area contributed by atoms with Crippen molar-refractivity contribution in [3.63, 3.8) is 0 Å². The number of carbonyl (C=O) groups excluding carboxylic acids is 1. The molecule has 1 aromatic rings. The molecule has 1 aromatic heterocycles. The Morgan fingerprint density at radius 2 is 1.92 bits per heavy atom. The summed E-state index contributed by atoms with van der Waals surface area (Å²) in [6.45, 7) is 12.3. The quantitative estimate of drug-likeness (QED) is 0.650. The standard InChI is InChI=1S/C17H26FN3O3S/c1-11(20-15(22)24-16(2,3)4)14(21-25(23)17(5,6)7)12-8-9-19-13(18)10-12/h8-11H,1-7H3,(H,20,22)/t11-,25+/m0/s1. The fourth-order valence-electron chi connectivity index (χ4n) is 1.72. The molecule has 8 heteroatoms. The van der Waals surface area contributed by atoms with Gasteiger partial charge in [-0.2, -0.15) is 8.79 Å². The zero-order chi connectivity index (χ0) is 19.4. The summed E-state index contributed by atoms with van der Waals surface area (Å²) >= 11 is 0. The number of aromatic nitrogens is 1. The maximum absolute atomic E-state index is 13.5. The number of hydrogen-bond acceptors (Lipinski definition) is 4. The van der Waals surface area contributed by atoms with Crippen LogP contribution in [-0.2, 0) is 15.7 Å². The molecule has 1 amide bonds. The molecule has 0 aliphatic carbocycles. The van der Waals surface area contributed by atoms with Crippen LogP contribution in [0.4, 0.5) is 9.18 Å². The molecule has 1 rings (SSSR count). The molecule has 0 fully saturated rings. The first-order valence-corrected chi connectivity index (χ1v) is 9.02.